The van der Waals surface area contributed by atoms with E-state index in [1.807, 2.05) is 18.2 Å². The number of hydrogen-bond acceptors (Lipinski definition) is 5. The fourth-order valence-electron chi connectivity index (χ4n) is 1.31. The summed E-state index contributed by atoms with van der Waals surface area (Å²) in [5.74, 6) is 0.527. The highest BCUT2D eigenvalue weighted by atomic mass is 32.2. The maximum Gasteiger partial charge on any atom is 0.176 e. The van der Waals surface area contributed by atoms with Crippen LogP contribution < -0.4 is 0 Å². The summed E-state index contributed by atoms with van der Waals surface area (Å²) in [7, 11) is 3.19. The molecule has 0 atom stereocenters. The number of thioether (sulfide) groups is 1. The van der Waals surface area contributed by atoms with Crippen molar-refractivity contribution in [3.8, 4) is 6.07 Å². The molecule has 0 saturated heterocycles. The number of ether oxygens (including phenoxy) is 2. The highest BCUT2D eigenvalue weighted by Gasteiger charge is 2.07. The maximum atomic E-state index is 11.4. The molecule has 0 unspecified atom stereocenters. The molecule has 96 valence electrons. The average Bonchev–Trinajstić information content (AvgIpc) is 2.41. The summed E-state index contributed by atoms with van der Waals surface area (Å²) in [5.41, 5.74) is 0.566. The molecule has 0 fully saturated rings. The first-order valence-corrected chi connectivity index (χ1v) is 6.38. The summed E-state index contributed by atoms with van der Waals surface area (Å²) < 4.78 is 10.2. The molecule has 0 N–H and O–H groups in total. The van der Waals surface area contributed by atoms with E-state index in [1.165, 1.54) is 0 Å². The Hall–Kier alpha value is -1.35. The molecule has 0 heterocycles. The molecule has 0 aromatic heterocycles. The van der Waals surface area contributed by atoms with Crippen LogP contribution in [0, 0.1) is 11.3 Å². The molecule has 0 amide bonds. The number of ketones is 1. The second-order valence-corrected chi connectivity index (χ2v) is 4.59. The van der Waals surface area contributed by atoms with E-state index in [9.17, 15) is 4.79 Å². The number of nitriles is 1. The van der Waals surface area contributed by atoms with E-state index in [0.29, 0.717) is 11.3 Å². The normalized spacial score (nSPS) is 10.3. The predicted octanol–water partition coefficient (Wildman–Crippen LogP) is 2.49. The minimum absolute atomic E-state index is 0.0814. The molecule has 0 saturated carbocycles. The van der Waals surface area contributed by atoms with E-state index in [0.717, 1.165) is 4.90 Å². The van der Waals surface area contributed by atoms with Crippen LogP contribution in [0.15, 0.2) is 29.2 Å². The third-order valence-corrected chi connectivity index (χ3v) is 3.37. The van der Waals surface area contributed by atoms with Gasteiger partial charge in [-0.05, 0) is 12.1 Å². The van der Waals surface area contributed by atoms with E-state index in [-0.39, 0.29) is 18.5 Å². The zero-order chi connectivity index (χ0) is 13.4. The Labute approximate surface area is 111 Å². The standard InChI is InChI=1S/C13H15NO3S/c1-16-13(17-2)9-18-11-5-3-10(4-6-11)12(15)7-8-14/h3-6,13H,7,9H2,1-2H3. The molecular weight excluding hydrogens is 250 g/mol. The summed E-state index contributed by atoms with van der Waals surface area (Å²) in [6.07, 6.45) is -0.322. The van der Waals surface area contributed by atoms with Crippen molar-refractivity contribution in [2.24, 2.45) is 0 Å². The van der Waals surface area contributed by atoms with Gasteiger partial charge in [0.2, 0.25) is 0 Å². The number of benzene rings is 1. The molecule has 0 radical (unpaired) electrons. The minimum atomic E-state index is -0.241. The molecule has 0 aliphatic rings. The van der Waals surface area contributed by atoms with Gasteiger partial charge in [0.05, 0.1) is 12.5 Å². The Morgan fingerprint density at radius 3 is 2.44 bits per heavy atom. The quantitative estimate of drug-likeness (QED) is 0.430. The maximum absolute atomic E-state index is 11.4. The van der Waals surface area contributed by atoms with E-state index in [1.54, 1.807) is 38.1 Å². The smallest absolute Gasteiger partial charge is 0.176 e. The van der Waals surface area contributed by atoms with Gasteiger partial charge in [-0.2, -0.15) is 5.26 Å². The van der Waals surface area contributed by atoms with Gasteiger partial charge in [-0.15, -0.1) is 11.8 Å². The number of carbonyl (C=O) groups excluding carboxylic acids is 1. The Balaban J connectivity index is 2.55. The van der Waals surface area contributed by atoms with Crippen LogP contribution in [0.2, 0.25) is 0 Å². The molecule has 5 heteroatoms. The van der Waals surface area contributed by atoms with Crippen molar-refractivity contribution < 1.29 is 14.3 Å². The lowest BCUT2D eigenvalue weighted by molar-refractivity contribution is -0.0842. The number of methoxy groups -OCH3 is 2. The SMILES string of the molecule is COC(CSc1ccc(C(=O)CC#N)cc1)OC. The van der Waals surface area contributed by atoms with Crippen molar-refractivity contribution in [2.45, 2.75) is 17.6 Å². The van der Waals surface area contributed by atoms with Crippen molar-refractivity contribution in [3.05, 3.63) is 29.8 Å². The molecule has 0 bridgehead atoms. The summed E-state index contributed by atoms with van der Waals surface area (Å²) >= 11 is 1.59. The largest absolute Gasteiger partial charge is 0.355 e. The van der Waals surface area contributed by atoms with Crippen LogP contribution in [0.1, 0.15) is 16.8 Å². The van der Waals surface area contributed by atoms with Gasteiger partial charge < -0.3 is 9.47 Å². The molecule has 18 heavy (non-hydrogen) atoms. The van der Waals surface area contributed by atoms with Gasteiger partial charge in [0, 0.05) is 30.4 Å². The number of nitrogens with zero attached hydrogens (tertiary/aromatic N) is 1. The Kier molecular flexibility index (Phi) is 6.44. The lowest BCUT2D eigenvalue weighted by atomic mass is 10.1. The van der Waals surface area contributed by atoms with Gasteiger partial charge in [0.15, 0.2) is 12.1 Å². The number of carbonyl (C=O) groups is 1. The van der Waals surface area contributed by atoms with Gasteiger partial charge in [-0.1, -0.05) is 12.1 Å². The number of Topliss-reactive ketones (excluding diaryl/α,β-unsaturated/α-hetero) is 1. The van der Waals surface area contributed by atoms with Gasteiger partial charge in [0.1, 0.15) is 0 Å². The first-order valence-electron chi connectivity index (χ1n) is 5.40. The number of rotatable bonds is 7. The Morgan fingerprint density at radius 1 is 1.33 bits per heavy atom. The zero-order valence-corrected chi connectivity index (χ0v) is 11.2. The van der Waals surface area contributed by atoms with Crippen molar-refractivity contribution >= 4 is 17.5 Å². The topological polar surface area (TPSA) is 59.3 Å². The van der Waals surface area contributed by atoms with E-state index in [4.69, 9.17) is 14.7 Å². The average molecular weight is 265 g/mol. The van der Waals surface area contributed by atoms with Crippen LogP contribution in [0.3, 0.4) is 0 Å². The lowest BCUT2D eigenvalue weighted by Gasteiger charge is -2.12. The summed E-state index contributed by atoms with van der Waals surface area (Å²) in [6, 6.07) is 9.03. The summed E-state index contributed by atoms with van der Waals surface area (Å²) in [5, 5.41) is 8.45. The van der Waals surface area contributed by atoms with Crippen molar-refractivity contribution in [2.75, 3.05) is 20.0 Å². The first-order chi connectivity index (χ1) is 8.71. The Bertz CT molecular complexity index is 421. The summed E-state index contributed by atoms with van der Waals surface area (Å²) in [4.78, 5) is 12.5. The van der Waals surface area contributed by atoms with Gasteiger partial charge in [0.25, 0.3) is 0 Å². The molecule has 1 aromatic rings. The highest BCUT2D eigenvalue weighted by molar-refractivity contribution is 7.99. The predicted molar refractivity (Wildman–Crippen MR) is 69.5 cm³/mol. The minimum Gasteiger partial charge on any atom is -0.355 e. The van der Waals surface area contributed by atoms with E-state index >= 15 is 0 Å². The fourth-order valence-corrected chi connectivity index (χ4v) is 2.24. The molecular formula is C13H15NO3S. The number of hydrogen-bond donors (Lipinski definition) is 0. The van der Waals surface area contributed by atoms with Crippen molar-refractivity contribution in [3.63, 3.8) is 0 Å². The van der Waals surface area contributed by atoms with Crippen LogP contribution in [0.5, 0.6) is 0 Å². The van der Waals surface area contributed by atoms with Gasteiger partial charge in [-0.3, -0.25) is 4.79 Å². The fraction of sp³-hybridized carbons (Fsp3) is 0.385. The molecule has 0 spiro atoms. The zero-order valence-electron chi connectivity index (χ0n) is 10.4. The van der Waals surface area contributed by atoms with Crippen LogP contribution in [0.25, 0.3) is 0 Å². The molecule has 4 nitrogen and oxygen atoms in total. The second-order valence-electron chi connectivity index (χ2n) is 3.49. The van der Waals surface area contributed by atoms with Crippen LogP contribution in [-0.4, -0.2) is 32.0 Å². The lowest BCUT2D eigenvalue weighted by Crippen LogP contribution is -2.15. The molecule has 1 aromatic carbocycles. The monoisotopic (exact) mass is 265 g/mol. The first kappa shape index (κ1) is 14.7. The molecule has 0 aliphatic carbocycles. The van der Waals surface area contributed by atoms with E-state index in [2.05, 4.69) is 0 Å². The Morgan fingerprint density at radius 2 is 1.94 bits per heavy atom. The molecule has 0 aliphatic heterocycles. The van der Waals surface area contributed by atoms with Gasteiger partial charge in [-0.25, -0.2) is 0 Å². The second kappa shape index (κ2) is 7.88. The third kappa shape index (κ3) is 4.49. The summed E-state index contributed by atoms with van der Waals surface area (Å²) in [6.45, 7) is 0. The molecule has 1 rings (SSSR count). The highest BCUT2D eigenvalue weighted by Crippen LogP contribution is 2.20. The van der Waals surface area contributed by atoms with Crippen molar-refractivity contribution in [1.29, 1.82) is 5.26 Å². The van der Waals surface area contributed by atoms with Crippen LogP contribution in [0.4, 0.5) is 0 Å². The van der Waals surface area contributed by atoms with Gasteiger partial charge >= 0.3 is 0 Å². The van der Waals surface area contributed by atoms with Crippen LogP contribution in [-0.2, 0) is 9.47 Å². The van der Waals surface area contributed by atoms with E-state index < -0.39 is 0 Å². The van der Waals surface area contributed by atoms with Crippen molar-refractivity contribution in [1.82, 2.24) is 0 Å². The van der Waals surface area contributed by atoms with Crippen LogP contribution >= 0.6 is 11.8 Å². The third-order valence-electron chi connectivity index (χ3n) is 2.33.